The Morgan fingerprint density at radius 1 is 0.944 bits per heavy atom. The van der Waals surface area contributed by atoms with Crippen LogP contribution < -0.4 is 60.5 Å². The van der Waals surface area contributed by atoms with Crippen molar-refractivity contribution in [1.82, 2.24) is 12.3 Å². The Balaban J connectivity index is -0.0000000720. The Bertz CT molecular complexity index is 139. The van der Waals surface area contributed by atoms with E-state index in [0.717, 1.165) is 6.42 Å². The molecule has 5 nitrogen and oxygen atoms in total. The molecule has 0 bridgehead atoms. The second-order valence-corrected chi connectivity index (χ2v) is 3.57. The van der Waals surface area contributed by atoms with E-state index in [0.29, 0.717) is 6.04 Å². The average Bonchev–Trinajstić information content (AvgIpc) is 2.16. The normalized spacial score (nSPS) is 9.89. The van der Waals surface area contributed by atoms with Crippen molar-refractivity contribution in [3.8, 4) is 0 Å². The second-order valence-electron chi connectivity index (χ2n) is 3.57. The van der Waals surface area contributed by atoms with Crippen molar-refractivity contribution >= 4 is 0 Å². The fourth-order valence-corrected chi connectivity index (χ4v) is 1.46. The van der Waals surface area contributed by atoms with E-state index >= 15 is 0 Å². The predicted octanol–water partition coefficient (Wildman–Crippen LogP) is -6.70. The Kier molecular flexibility index (Phi) is 60.9. The minimum absolute atomic E-state index is 0. The van der Waals surface area contributed by atoms with Gasteiger partial charge in [0.15, 0.2) is 0 Å². The van der Waals surface area contributed by atoms with Crippen LogP contribution in [0.4, 0.5) is 0 Å². The highest BCUT2D eigenvalue weighted by Crippen LogP contribution is 2.06. The number of quaternary nitrogens is 2. The molecule has 11 N–H and O–H groups in total. The number of unbranched alkanes of at least 4 members (excludes halogenated alkanes) is 4. The molecule has 8 heteroatoms. The van der Waals surface area contributed by atoms with E-state index in [4.69, 9.17) is 5.84 Å². The van der Waals surface area contributed by atoms with Crippen molar-refractivity contribution in [1.29, 1.82) is 0 Å². The molecular formula is C10H32Cl3N5. The minimum Gasteiger partial charge on any atom is -1.00 e. The van der Waals surface area contributed by atoms with Crippen LogP contribution in [-0.4, -0.2) is 6.04 Å². The Morgan fingerprint density at radius 3 is 1.83 bits per heavy atom. The number of hydrogen-bond acceptors (Lipinski definition) is 1. The quantitative estimate of drug-likeness (QED) is 0.150. The first-order valence-electron chi connectivity index (χ1n) is 5.50. The van der Waals surface area contributed by atoms with Gasteiger partial charge in [0.25, 0.3) is 0 Å². The molecule has 18 heavy (non-hydrogen) atoms. The maximum absolute atomic E-state index is 5.07. The number of nitrogens with one attached hydrogen (secondary N) is 1. The predicted molar refractivity (Wildman–Crippen MR) is 67.0 cm³/mol. The molecule has 0 saturated carbocycles. The molecule has 0 spiro atoms. The van der Waals surface area contributed by atoms with Gasteiger partial charge in [-0.15, -0.1) is 0 Å². The zero-order valence-corrected chi connectivity index (χ0v) is 14.5. The van der Waals surface area contributed by atoms with Crippen LogP contribution in [0, 0.1) is 0 Å². The van der Waals surface area contributed by atoms with Crippen LogP contribution in [-0.2, 0) is 0 Å². The molecule has 0 aromatic rings. The lowest BCUT2D eigenvalue weighted by Gasteiger charge is -2.04. The van der Waals surface area contributed by atoms with Gasteiger partial charge in [0.1, 0.15) is 6.04 Å². The molecule has 0 aliphatic carbocycles. The van der Waals surface area contributed by atoms with Crippen LogP contribution in [0.2, 0.25) is 0 Å². The Morgan fingerprint density at radius 2 is 1.44 bits per heavy atom. The highest BCUT2D eigenvalue weighted by molar-refractivity contribution is 4.51. The molecule has 0 saturated heterocycles. The zero-order chi connectivity index (χ0) is 9.94. The van der Waals surface area contributed by atoms with Crippen LogP contribution in [0.15, 0.2) is 5.22 Å². The van der Waals surface area contributed by atoms with E-state index in [1.165, 1.54) is 38.5 Å². The largest absolute Gasteiger partial charge is 1.00 e. The topological polar surface area (TPSA) is 125 Å². The minimum atomic E-state index is 0. The molecule has 0 aliphatic rings. The van der Waals surface area contributed by atoms with Gasteiger partial charge in [0.05, 0.1) is 5.22 Å². The first kappa shape index (κ1) is 36.2. The number of halogens is 3. The fraction of sp³-hybridized carbons (Fsp3) is 1.00. The van der Waals surface area contributed by atoms with Crippen molar-refractivity contribution in [2.45, 2.75) is 64.8 Å². The third-order valence-corrected chi connectivity index (χ3v) is 2.41. The summed E-state index contributed by atoms with van der Waals surface area (Å²) in [5.74, 6) is 5.07. The van der Waals surface area contributed by atoms with Crippen LogP contribution in [0.5, 0.6) is 0 Å². The zero-order valence-electron chi connectivity index (χ0n) is 12.2. The highest BCUT2D eigenvalue weighted by atomic mass is 35.5. The lowest BCUT2D eigenvalue weighted by Crippen LogP contribution is -3.00. The van der Waals surface area contributed by atoms with E-state index < -0.39 is 0 Å². The molecule has 0 heterocycles. The number of nitrogens with two attached hydrogens (primary N) is 1. The van der Waals surface area contributed by atoms with Crippen LogP contribution >= 0.6 is 0 Å². The maximum Gasteiger partial charge on any atom is 0.114 e. The van der Waals surface area contributed by atoms with Crippen molar-refractivity contribution in [2.24, 2.45) is 11.1 Å². The van der Waals surface area contributed by atoms with Gasteiger partial charge in [-0.1, -0.05) is 39.5 Å². The maximum atomic E-state index is 5.07. The van der Waals surface area contributed by atoms with Crippen LogP contribution in [0.3, 0.4) is 0 Å². The third-order valence-electron chi connectivity index (χ3n) is 2.41. The summed E-state index contributed by atoms with van der Waals surface area (Å²) < 4.78 is 0. The first-order chi connectivity index (χ1) is 6.35. The lowest BCUT2D eigenvalue weighted by molar-refractivity contribution is -0.576. The van der Waals surface area contributed by atoms with Crippen molar-refractivity contribution in [3.63, 3.8) is 0 Å². The monoisotopic (exact) mass is 327 g/mol. The van der Waals surface area contributed by atoms with Crippen LogP contribution in [0.25, 0.3) is 0 Å². The summed E-state index contributed by atoms with van der Waals surface area (Å²) in [6, 6.07) is 0.478. The van der Waals surface area contributed by atoms with Gasteiger partial charge in [0.2, 0.25) is 0 Å². The molecule has 0 aliphatic heterocycles. The van der Waals surface area contributed by atoms with Crippen molar-refractivity contribution in [3.05, 3.63) is 0 Å². The molecule has 0 radical (unpaired) electrons. The van der Waals surface area contributed by atoms with Gasteiger partial charge < -0.3 is 49.5 Å². The first-order valence-corrected chi connectivity index (χ1v) is 5.50. The molecule has 0 fully saturated rings. The standard InChI is InChI=1S/C10H23N3.3ClH.2H3N/c1-3-5-6-7-8-9-10(4-2)12-13-11;;;;;/h10H,3-9H2,1-2H3,(H2,11,12);3*1H;2*1H3. The highest BCUT2D eigenvalue weighted by Gasteiger charge is 2.04. The summed E-state index contributed by atoms with van der Waals surface area (Å²) in [5.41, 5.74) is 0. The molecule has 0 aromatic heterocycles. The van der Waals surface area contributed by atoms with E-state index in [-0.39, 0.29) is 49.5 Å². The number of nitrogens with zero attached hydrogens (tertiary/aromatic N) is 1. The van der Waals surface area contributed by atoms with Gasteiger partial charge in [-0.25, -0.2) is 0 Å². The van der Waals surface area contributed by atoms with E-state index in [2.05, 4.69) is 24.2 Å². The summed E-state index contributed by atoms with van der Waals surface area (Å²) in [5, 5.41) is 6.40. The Labute approximate surface area is 131 Å². The fourth-order valence-electron chi connectivity index (χ4n) is 1.46. The van der Waals surface area contributed by atoms with Crippen molar-refractivity contribution < 1.29 is 42.3 Å². The lowest BCUT2D eigenvalue weighted by atomic mass is 10.1. The third kappa shape index (κ3) is 25.1. The van der Waals surface area contributed by atoms with Crippen LogP contribution in [0.1, 0.15) is 58.8 Å². The summed E-state index contributed by atoms with van der Waals surface area (Å²) in [4.78, 5) is 0. The van der Waals surface area contributed by atoms with E-state index in [1.807, 2.05) is 0 Å². The SMILES string of the molecule is CCCCCCCC(CC)[NH+]=NN.[Cl-].[Cl-].[Cl-].[NH4+].[NH4+]. The molecule has 0 aromatic carbocycles. The number of rotatable bonds is 8. The van der Waals surface area contributed by atoms with Gasteiger partial charge in [-0.05, 0) is 19.3 Å². The van der Waals surface area contributed by atoms with Gasteiger partial charge >= 0.3 is 0 Å². The summed E-state index contributed by atoms with van der Waals surface area (Å²) >= 11 is 0. The van der Waals surface area contributed by atoms with Gasteiger partial charge in [-0.3, -0.25) is 0 Å². The van der Waals surface area contributed by atoms with Crippen molar-refractivity contribution in [2.75, 3.05) is 0 Å². The molecule has 0 amide bonds. The number of hydrogen-bond donors (Lipinski definition) is 4. The Hall–Kier alpha value is 0.190. The van der Waals surface area contributed by atoms with E-state index in [1.54, 1.807) is 0 Å². The smallest absolute Gasteiger partial charge is 0.114 e. The molecule has 1 atom stereocenters. The van der Waals surface area contributed by atoms with Gasteiger partial charge in [0, 0.05) is 0 Å². The van der Waals surface area contributed by atoms with E-state index in [9.17, 15) is 0 Å². The summed E-state index contributed by atoms with van der Waals surface area (Å²) in [6.45, 7) is 4.40. The molecular weight excluding hydrogens is 297 g/mol. The average molecular weight is 329 g/mol. The van der Waals surface area contributed by atoms with Gasteiger partial charge in [-0.2, -0.15) is 11.0 Å². The molecule has 118 valence electrons. The molecule has 1 unspecified atom stereocenters. The summed E-state index contributed by atoms with van der Waals surface area (Å²) in [6.07, 6.45) is 8.98. The second kappa shape index (κ2) is 30.3. The summed E-state index contributed by atoms with van der Waals surface area (Å²) in [7, 11) is 0. The molecule has 0 rings (SSSR count).